The molecule has 0 unspecified atom stereocenters. The standard InChI is InChI=1S/C17H18O2S2.C2H6/c1-18-12-9-15(19-2)14-6-4-11-8-13(20-3)5-7-16(11)21-17(14)10-12;1-2/h5,7-10H,4,6H2,1-3H3;1-2H3. The first-order valence-corrected chi connectivity index (χ1v) is 9.89. The van der Waals surface area contributed by atoms with Gasteiger partial charge in [-0.3, -0.25) is 0 Å². The Balaban J connectivity index is 0.000000924. The molecule has 2 aromatic carbocycles. The second-order valence-corrected chi connectivity index (χ2v) is 6.85. The number of methoxy groups -OCH3 is 2. The van der Waals surface area contributed by atoms with Gasteiger partial charge < -0.3 is 9.47 Å². The fourth-order valence-electron chi connectivity index (χ4n) is 2.59. The fraction of sp³-hybridized carbons (Fsp3) is 0.368. The molecule has 0 bridgehead atoms. The van der Waals surface area contributed by atoms with Gasteiger partial charge in [-0.25, -0.2) is 0 Å². The predicted octanol–water partition coefficient (Wildman–Crippen LogP) is 5.70. The van der Waals surface area contributed by atoms with Crippen molar-refractivity contribution >= 4 is 23.5 Å². The second kappa shape index (κ2) is 8.55. The van der Waals surface area contributed by atoms with E-state index in [0.717, 1.165) is 24.3 Å². The van der Waals surface area contributed by atoms with Crippen LogP contribution in [0.25, 0.3) is 0 Å². The van der Waals surface area contributed by atoms with Crippen molar-refractivity contribution in [1.82, 2.24) is 0 Å². The molecule has 3 rings (SSSR count). The zero-order chi connectivity index (χ0) is 16.8. The maximum Gasteiger partial charge on any atom is 0.126 e. The summed E-state index contributed by atoms with van der Waals surface area (Å²) in [6, 6.07) is 10.8. The van der Waals surface area contributed by atoms with Gasteiger partial charge in [-0.1, -0.05) is 25.6 Å². The SMILES string of the molecule is CC.COc1cc(OC)c2c(c1)Sc1ccc(SC)cc1CC2. The first kappa shape index (κ1) is 18.1. The highest BCUT2D eigenvalue weighted by molar-refractivity contribution is 7.99. The minimum Gasteiger partial charge on any atom is -0.497 e. The van der Waals surface area contributed by atoms with Crippen LogP contribution < -0.4 is 9.47 Å². The Hall–Kier alpha value is -1.26. The summed E-state index contributed by atoms with van der Waals surface area (Å²) in [6.45, 7) is 4.00. The molecule has 0 radical (unpaired) electrons. The van der Waals surface area contributed by atoms with Gasteiger partial charge in [0.2, 0.25) is 0 Å². The molecule has 0 amide bonds. The largest absolute Gasteiger partial charge is 0.497 e. The molecule has 1 heterocycles. The maximum atomic E-state index is 5.56. The molecule has 0 aliphatic carbocycles. The molecule has 2 aromatic rings. The van der Waals surface area contributed by atoms with Crippen LogP contribution in [0.4, 0.5) is 0 Å². The van der Waals surface area contributed by atoms with Gasteiger partial charge in [-0.15, -0.1) is 11.8 Å². The average molecular weight is 349 g/mol. The van der Waals surface area contributed by atoms with E-state index in [9.17, 15) is 0 Å². The molecular formula is C19H24O2S2. The van der Waals surface area contributed by atoms with Crippen LogP contribution in [0, 0.1) is 0 Å². The van der Waals surface area contributed by atoms with Gasteiger partial charge in [0, 0.05) is 26.3 Å². The van der Waals surface area contributed by atoms with E-state index in [-0.39, 0.29) is 0 Å². The summed E-state index contributed by atoms with van der Waals surface area (Å²) >= 11 is 3.60. The maximum absolute atomic E-state index is 5.56. The van der Waals surface area contributed by atoms with Gasteiger partial charge in [0.25, 0.3) is 0 Å². The molecule has 0 saturated carbocycles. The number of fused-ring (bicyclic) bond motifs is 2. The summed E-state index contributed by atoms with van der Waals surface area (Å²) in [4.78, 5) is 3.90. The second-order valence-electron chi connectivity index (χ2n) is 4.88. The zero-order valence-electron chi connectivity index (χ0n) is 14.4. The summed E-state index contributed by atoms with van der Waals surface area (Å²) in [5.41, 5.74) is 2.70. The van der Waals surface area contributed by atoms with Crippen molar-refractivity contribution in [1.29, 1.82) is 0 Å². The highest BCUT2D eigenvalue weighted by Crippen LogP contribution is 2.43. The van der Waals surface area contributed by atoms with E-state index in [1.165, 1.54) is 25.8 Å². The van der Waals surface area contributed by atoms with E-state index in [1.54, 1.807) is 26.0 Å². The van der Waals surface area contributed by atoms with E-state index in [0.29, 0.717) is 0 Å². The van der Waals surface area contributed by atoms with Crippen LogP contribution in [-0.2, 0) is 12.8 Å². The van der Waals surface area contributed by atoms with Gasteiger partial charge in [0.05, 0.1) is 14.2 Å². The van der Waals surface area contributed by atoms with E-state index < -0.39 is 0 Å². The van der Waals surface area contributed by atoms with Gasteiger partial charge in [-0.05, 0) is 48.9 Å². The predicted molar refractivity (Wildman–Crippen MR) is 101 cm³/mol. The average Bonchev–Trinajstić information content (AvgIpc) is 2.80. The van der Waals surface area contributed by atoms with Crippen LogP contribution in [-0.4, -0.2) is 20.5 Å². The molecule has 1 aliphatic heterocycles. The summed E-state index contributed by atoms with van der Waals surface area (Å²) in [5.74, 6) is 1.78. The Morgan fingerprint density at radius 3 is 2.39 bits per heavy atom. The summed E-state index contributed by atoms with van der Waals surface area (Å²) in [7, 11) is 3.42. The number of benzene rings is 2. The molecule has 23 heavy (non-hydrogen) atoms. The van der Waals surface area contributed by atoms with E-state index in [2.05, 4.69) is 30.5 Å². The number of aryl methyl sites for hydroxylation is 1. The minimum atomic E-state index is 0.849. The van der Waals surface area contributed by atoms with Crippen LogP contribution in [0.3, 0.4) is 0 Å². The highest BCUT2D eigenvalue weighted by atomic mass is 32.2. The number of thioether (sulfide) groups is 1. The number of ether oxygens (including phenoxy) is 2. The van der Waals surface area contributed by atoms with Crippen molar-refractivity contribution in [2.75, 3.05) is 20.5 Å². The van der Waals surface area contributed by atoms with Crippen LogP contribution in [0.1, 0.15) is 25.0 Å². The Bertz CT molecular complexity index is 669. The lowest BCUT2D eigenvalue weighted by Gasteiger charge is -2.13. The quantitative estimate of drug-likeness (QED) is 0.662. The summed E-state index contributed by atoms with van der Waals surface area (Å²) in [5, 5.41) is 0. The van der Waals surface area contributed by atoms with Crippen LogP contribution in [0.2, 0.25) is 0 Å². The molecule has 0 saturated heterocycles. The summed E-state index contributed by atoms with van der Waals surface area (Å²) < 4.78 is 10.9. The molecule has 0 N–H and O–H groups in total. The minimum absolute atomic E-state index is 0.849. The van der Waals surface area contributed by atoms with Crippen molar-refractivity contribution in [3.8, 4) is 11.5 Å². The van der Waals surface area contributed by atoms with Crippen molar-refractivity contribution in [2.24, 2.45) is 0 Å². The third kappa shape index (κ3) is 3.99. The van der Waals surface area contributed by atoms with E-state index in [1.807, 2.05) is 31.7 Å². The smallest absolute Gasteiger partial charge is 0.126 e. The molecule has 0 atom stereocenters. The lowest BCUT2D eigenvalue weighted by Crippen LogP contribution is -1.97. The number of hydrogen-bond acceptors (Lipinski definition) is 4. The topological polar surface area (TPSA) is 18.5 Å². The third-order valence-corrected chi connectivity index (χ3v) is 5.66. The molecule has 1 aliphatic rings. The number of rotatable bonds is 3. The Morgan fingerprint density at radius 1 is 0.957 bits per heavy atom. The van der Waals surface area contributed by atoms with Crippen molar-refractivity contribution in [2.45, 2.75) is 41.4 Å². The van der Waals surface area contributed by atoms with Crippen LogP contribution in [0.15, 0.2) is 45.0 Å². The lowest BCUT2D eigenvalue weighted by atomic mass is 10.0. The molecule has 0 aromatic heterocycles. The monoisotopic (exact) mass is 348 g/mol. The highest BCUT2D eigenvalue weighted by Gasteiger charge is 2.19. The van der Waals surface area contributed by atoms with E-state index in [4.69, 9.17) is 9.47 Å². The molecule has 0 fully saturated rings. The Morgan fingerprint density at radius 2 is 1.74 bits per heavy atom. The number of hydrogen-bond donors (Lipinski definition) is 0. The van der Waals surface area contributed by atoms with Crippen molar-refractivity contribution in [3.63, 3.8) is 0 Å². The Kier molecular flexibility index (Phi) is 6.72. The first-order chi connectivity index (χ1) is 11.2. The van der Waals surface area contributed by atoms with Gasteiger partial charge in [0.15, 0.2) is 0 Å². The van der Waals surface area contributed by atoms with Crippen LogP contribution in [0.5, 0.6) is 11.5 Å². The zero-order valence-corrected chi connectivity index (χ0v) is 16.1. The Labute approximate surface area is 148 Å². The summed E-state index contributed by atoms with van der Waals surface area (Å²) in [6.07, 6.45) is 4.17. The van der Waals surface area contributed by atoms with Crippen LogP contribution >= 0.6 is 23.5 Å². The lowest BCUT2D eigenvalue weighted by molar-refractivity contribution is 0.388. The molecule has 0 spiro atoms. The first-order valence-electron chi connectivity index (χ1n) is 7.85. The fourth-order valence-corrected chi connectivity index (χ4v) is 4.22. The molecular weight excluding hydrogens is 324 g/mol. The van der Waals surface area contributed by atoms with Crippen molar-refractivity contribution in [3.05, 3.63) is 41.5 Å². The van der Waals surface area contributed by atoms with E-state index >= 15 is 0 Å². The normalized spacial score (nSPS) is 12.2. The molecule has 2 nitrogen and oxygen atoms in total. The van der Waals surface area contributed by atoms with Gasteiger partial charge in [0.1, 0.15) is 11.5 Å². The van der Waals surface area contributed by atoms with Gasteiger partial charge >= 0.3 is 0 Å². The van der Waals surface area contributed by atoms with Gasteiger partial charge in [-0.2, -0.15) is 0 Å². The van der Waals surface area contributed by atoms with Crippen molar-refractivity contribution < 1.29 is 9.47 Å². The molecule has 124 valence electrons. The molecule has 4 heteroatoms. The third-order valence-electron chi connectivity index (χ3n) is 3.73.